The summed E-state index contributed by atoms with van der Waals surface area (Å²) in [7, 11) is 1.61. The predicted octanol–water partition coefficient (Wildman–Crippen LogP) is 5.92. The number of benzene rings is 1. The molecular formula is C21H25F7N2O3S. The van der Waals surface area contributed by atoms with Gasteiger partial charge in [0.1, 0.15) is 5.75 Å². The summed E-state index contributed by atoms with van der Waals surface area (Å²) in [5, 5.41) is 8.76. The Labute approximate surface area is 196 Å². The molecule has 1 unspecified atom stereocenters. The van der Waals surface area contributed by atoms with E-state index in [2.05, 4.69) is 0 Å². The highest BCUT2D eigenvalue weighted by Crippen LogP contribution is 2.50. The first-order valence-corrected chi connectivity index (χ1v) is 11.4. The normalized spacial score (nSPS) is 21.6. The monoisotopic (exact) mass is 518 g/mol. The molecule has 1 aromatic carbocycles. The zero-order valence-electron chi connectivity index (χ0n) is 18.5. The van der Waals surface area contributed by atoms with Crippen molar-refractivity contribution in [2.45, 2.75) is 74.0 Å². The van der Waals surface area contributed by atoms with Crippen LogP contribution in [0.5, 0.6) is 5.75 Å². The Morgan fingerprint density at radius 3 is 2.41 bits per heavy atom. The van der Waals surface area contributed by atoms with Crippen molar-refractivity contribution in [2.24, 2.45) is 0 Å². The molecule has 1 atom stereocenters. The lowest BCUT2D eigenvalue weighted by Gasteiger charge is -2.45. The molecule has 2 aliphatic rings. The predicted molar refractivity (Wildman–Crippen MR) is 112 cm³/mol. The van der Waals surface area contributed by atoms with Gasteiger partial charge in [0.05, 0.1) is 29.2 Å². The average molecular weight is 518 g/mol. The number of carboxylic acid groups (broad SMARTS) is 1. The van der Waals surface area contributed by atoms with Crippen LogP contribution < -0.4 is 9.64 Å². The van der Waals surface area contributed by atoms with E-state index in [9.17, 15) is 35.5 Å². The molecular weight excluding hydrogens is 493 g/mol. The van der Waals surface area contributed by atoms with Gasteiger partial charge in [-0.15, -0.1) is 0 Å². The molecule has 1 fully saturated rings. The van der Waals surface area contributed by atoms with Gasteiger partial charge in [-0.1, -0.05) is 0 Å². The molecule has 13 heteroatoms. The van der Waals surface area contributed by atoms with Gasteiger partial charge < -0.3 is 14.7 Å². The topological polar surface area (TPSA) is 53.0 Å². The van der Waals surface area contributed by atoms with Crippen LogP contribution in [0.2, 0.25) is 0 Å². The second-order valence-electron chi connectivity index (χ2n) is 8.78. The Kier molecular flexibility index (Phi) is 7.57. The van der Waals surface area contributed by atoms with E-state index >= 15 is 0 Å². The highest BCUT2D eigenvalue weighted by molar-refractivity contribution is 7.97. The summed E-state index contributed by atoms with van der Waals surface area (Å²) in [6.45, 7) is 0.278. The van der Waals surface area contributed by atoms with Crippen molar-refractivity contribution in [1.82, 2.24) is 4.31 Å². The molecule has 1 saturated carbocycles. The molecule has 0 saturated heterocycles. The number of anilines is 1. The Morgan fingerprint density at radius 1 is 1.24 bits per heavy atom. The molecule has 0 radical (unpaired) electrons. The fourth-order valence-electron chi connectivity index (χ4n) is 4.00. The first-order chi connectivity index (χ1) is 15.6. The van der Waals surface area contributed by atoms with Gasteiger partial charge in [-0.25, -0.2) is 21.9 Å². The Morgan fingerprint density at radius 2 is 1.88 bits per heavy atom. The summed E-state index contributed by atoms with van der Waals surface area (Å²) in [5.41, 5.74) is -1.09. The first kappa shape index (κ1) is 26.7. The van der Waals surface area contributed by atoms with Crippen LogP contribution in [0.1, 0.15) is 44.6 Å². The Hall–Kier alpha value is -1.89. The molecule has 5 nitrogen and oxygen atoms in total. The third-order valence-corrected chi connectivity index (χ3v) is 6.95. The van der Waals surface area contributed by atoms with Crippen molar-refractivity contribution < 1.29 is 45.4 Å². The lowest BCUT2D eigenvalue weighted by Crippen LogP contribution is -2.53. The van der Waals surface area contributed by atoms with Gasteiger partial charge in [-0.3, -0.25) is 4.79 Å². The van der Waals surface area contributed by atoms with E-state index in [1.54, 1.807) is 11.4 Å². The summed E-state index contributed by atoms with van der Waals surface area (Å²) in [5.74, 6) is -7.71. The molecule has 1 aliphatic heterocycles. The second-order valence-corrected chi connectivity index (χ2v) is 9.97. The van der Waals surface area contributed by atoms with Crippen molar-refractivity contribution in [3.05, 3.63) is 17.7 Å². The highest BCUT2D eigenvalue weighted by Gasteiger charge is 2.50. The minimum Gasteiger partial charge on any atom is -0.492 e. The van der Waals surface area contributed by atoms with Crippen LogP contribution in [-0.4, -0.2) is 59.5 Å². The fourth-order valence-corrected chi connectivity index (χ4v) is 5.06. The zero-order chi connectivity index (χ0) is 25.5. The number of halogens is 7. The second kappa shape index (κ2) is 9.63. The number of hydrogen-bond acceptors (Lipinski definition) is 5. The van der Waals surface area contributed by atoms with Gasteiger partial charge in [-0.2, -0.15) is 13.2 Å². The average Bonchev–Trinajstić information content (AvgIpc) is 2.77. The number of likely N-dealkylation sites (N-methyl/N-ethyl adjacent to an activating group) is 1. The van der Waals surface area contributed by atoms with Crippen LogP contribution >= 0.6 is 11.9 Å². The van der Waals surface area contributed by atoms with E-state index < -0.39 is 79.7 Å². The number of aliphatic carboxylic acids is 1. The van der Waals surface area contributed by atoms with E-state index in [0.29, 0.717) is 0 Å². The minimum atomic E-state index is -4.85. The van der Waals surface area contributed by atoms with E-state index in [4.69, 9.17) is 9.84 Å². The number of ether oxygens (including phenoxy) is 1. The third-order valence-electron chi connectivity index (χ3n) is 5.84. The lowest BCUT2D eigenvalue weighted by molar-refractivity contribution is -0.139. The molecule has 1 heterocycles. The van der Waals surface area contributed by atoms with E-state index in [1.807, 2.05) is 0 Å². The highest BCUT2D eigenvalue weighted by atomic mass is 32.2. The molecule has 3 rings (SSSR count). The van der Waals surface area contributed by atoms with Crippen LogP contribution in [-0.2, 0) is 11.0 Å². The van der Waals surface area contributed by atoms with Crippen molar-refractivity contribution in [2.75, 3.05) is 25.1 Å². The van der Waals surface area contributed by atoms with Gasteiger partial charge in [0.15, 0.2) is 0 Å². The third kappa shape index (κ3) is 6.61. The fraction of sp³-hybridized carbons (Fsp3) is 0.667. The maximum absolute atomic E-state index is 13.8. The van der Waals surface area contributed by atoms with Crippen LogP contribution in [0.3, 0.4) is 0 Å². The summed E-state index contributed by atoms with van der Waals surface area (Å²) in [6, 6.07) is 0.648. The molecule has 34 heavy (non-hydrogen) atoms. The number of carbonyl (C=O) groups is 1. The van der Waals surface area contributed by atoms with E-state index in [1.165, 1.54) is 4.90 Å². The van der Waals surface area contributed by atoms with Crippen molar-refractivity contribution in [3.8, 4) is 5.75 Å². The number of carboxylic acids is 1. The maximum Gasteiger partial charge on any atom is 0.420 e. The number of rotatable bonds is 8. The Balaban J connectivity index is 2.00. The first-order valence-electron chi connectivity index (χ1n) is 10.6. The van der Waals surface area contributed by atoms with Gasteiger partial charge in [0, 0.05) is 37.9 Å². The quantitative estimate of drug-likeness (QED) is 0.341. The number of hydrogen-bond donors (Lipinski definition) is 1. The van der Waals surface area contributed by atoms with Crippen molar-refractivity contribution >= 4 is 23.6 Å². The van der Waals surface area contributed by atoms with Crippen LogP contribution in [0.25, 0.3) is 0 Å². The number of alkyl halides is 7. The van der Waals surface area contributed by atoms with Crippen LogP contribution in [0.15, 0.2) is 17.0 Å². The summed E-state index contributed by atoms with van der Waals surface area (Å²) in [6.07, 6.45) is -6.92. The van der Waals surface area contributed by atoms with E-state index in [0.717, 1.165) is 31.0 Å². The minimum absolute atomic E-state index is 0.00381. The van der Waals surface area contributed by atoms with Crippen LogP contribution in [0.4, 0.5) is 36.4 Å². The summed E-state index contributed by atoms with van der Waals surface area (Å²) < 4.78 is 103. The molecule has 0 amide bonds. The molecule has 1 aliphatic carbocycles. The van der Waals surface area contributed by atoms with Gasteiger partial charge >= 0.3 is 12.1 Å². The van der Waals surface area contributed by atoms with Crippen LogP contribution in [0, 0.1) is 0 Å². The van der Waals surface area contributed by atoms with Gasteiger partial charge in [0.2, 0.25) is 5.92 Å². The number of nitrogens with zero attached hydrogens (tertiary/aromatic N) is 2. The van der Waals surface area contributed by atoms with E-state index in [-0.39, 0.29) is 23.5 Å². The lowest BCUT2D eigenvalue weighted by atomic mass is 9.86. The molecule has 1 N–H and O–H groups in total. The molecule has 192 valence electrons. The van der Waals surface area contributed by atoms with Gasteiger partial charge in [0.25, 0.3) is 5.92 Å². The largest absolute Gasteiger partial charge is 0.492 e. The Bertz CT molecular complexity index is 900. The number of fused-ring (bicyclic) bond motifs is 1. The summed E-state index contributed by atoms with van der Waals surface area (Å²) in [4.78, 5) is 12.5. The summed E-state index contributed by atoms with van der Waals surface area (Å²) >= 11 is 1.02. The molecule has 0 aromatic heterocycles. The molecule has 0 spiro atoms. The molecule has 0 bridgehead atoms. The van der Waals surface area contributed by atoms with Gasteiger partial charge in [-0.05, 0) is 44.5 Å². The maximum atomic E-state index is 13.8. The molecule has 1 aromatic rings. The standard InChI is InChI=1S/C21H25F7N2O3S/c1-19(22,23)5-3-12-11-30(13-9-20(24,25)10-13)15-7-14(21(26,27)28)16(33-6-4-18(31)32)8-17(15)34-29(12)2/h7-8,12-13H,3-6,9-11H2,1-2H3,(H,31,32). The SMILES string of the molecule is CN1Sc2cc(OCCC(=O)O)c(C(F)(F)F)cc2N(C2CC(F)(F)C2)CC1CCC(C)(F)F. The zero-order valence-corrected chi connectivity index (χ0v) is 19.3. The smallest absolute Gasteiger partial charge is 0.420 e. The van der Waals surface area contributed by atoms with Crippen molar-refractivity contribution in [1.29, 1.82) is 0 Å². The van der Waals surface area contributed by atoms with Crippen molar-refractivity contribution in [3.63, 3.8) is 0 Å².